The third-order valence-corrected chi connectivity index (χ3v) is 4.53. The number of rotatable bonds is 4. The van der Waals surface area contributed by atoms with Gasteiger partial charge in [-0.25, -0.2) is 0 Å². The molecule has 1 aliphatic rings. The molecule has 0 spiro atoms. The third kappa shape index (κ3) is 2.67. The Morgan fingerprint density at radius 2 is 2.30 bits per heavy atom. The number of aryl methyl sites for hydroxylation is 1. The van der Waals surface area contributed by atoms with Crippen molar-refractivity contribution in [3.8, 4) is 0 Å². The molecule has 0 radical (unpaired) electrons. The van der Waals surface area contributed by atoms with Gasteiger partial charge in [-0.3, -0.25) is 9.78 Å². The van der Waals surface area contributed by atoms with Crippen LogP contribution in [-0.4, -0.2) is 21.8 Å². The minimum atomic E-state index is 0.0722. The first-order valence-electron chi connectivity index (χ1n) is 6.72. The van der Waals surface area contributed by atoms with Crippen LogP contribution in [0, 0.1) is 6.92 Å². The smallest absolute Gasteiger partial charge is 0.264 e. The van der Waals surface area contributed by atoms with E-state index in [-0.39, 0.29) is 5.91 Å². The van der Waals surface area contributed by atoms with Crippen molar-refractivity contribution >= 4 is 22.9 Å². The molecule has 1 aliphatic carbocycles. The van der Waals surface area contributed by atoms with Crippen molar-refractivity contribution in [1.29, 1.82) is 0 Å². The molecule has 1 saturated carbocycles. The fraction of sp³-hybridized carbons (Fsp3) is 0.333. The summed E-state index contributed by atoms with van der Waals surface area (Å²) in [6, 6.07) is 7.93. The first-order chi connectivity index (χ1) is 9.65. The Hall–Kier alpha value is -1.88. The average molecular weight is 287 g/mol. The Bertz CT molecular complexity index is 600. The van der Waals surface area contributed by atoms with Gasteiger partial charge < -0.3 is 10.6 Å². The second kappa shape index (κ2) is 5.25. The topological polar surface area (TPSA) is 59.2 Å². The minimum Gasteiger partial charge on any atom is -0.398 e. The highest BCUT2D eigenvalue weighted by atomic mass is 32.1. The summed E-state index contributed by atoms with van der Waals surface area (Å²) in [5, 5.41) is 0. The van der Waals surface area contributed by atoms with E-state index < -0.39 is 0 Å². The minimum absolute atomic E-state index is 0.0722. The van der Waals surface area contributed by atoms with Gasteiger partial charge in [-0.05, 0) is 38.0 Å². The zero-order valence-corrected chi connectivity index (χ0v) is 12.2. The number of thiophene rings is 1. The molecule has 0 aromatic carbocycles. The Morgan fingerprint density at radius 3 is 2.85 bits per heavy atom. The lowest BCUT2D eigenvalue weighted by molar-refractivity contribution is 0.0732. The zero-order valence-electron chi connectivity index (χ0n) is 11.4. The molecule has 0 unspecified atom stereocenters. The number of aromatic nitrogens is 1. The molecule has 2 heterocycles. The summed E-state index contributed by atoms with van der Waals surface area (Å²) in [4.78, 5) is 20.6. The summed E-state index contributed by atoms with van der Waals surface area (Å²) in [5.41, 5.74) is 7.48. The molecule has 4 nitrogen and oxygen atoms in total. The second-order valence-corrected chi connectivity index (χ2v) is 6.36. The summed E-state index contributed by atoms with van der Waals surface area (Å²) in [6.45, 7) is 2.51. The van der Waals surface area contributed by atoms with E-state index in [4.69, 9.17) is 5.73 Å². The van der Waals surface area contributed by atoms with Gasteiger partial charge in [-0.2, -0.15) is 0 Å². The van der Waals surface area contributed by atoms with E-state index in [0.717, 1.165) is 28.3 Å². The Labute approximate surface area is 122 Å². The van der Waals surface area contributed by atoms with Crippen LogP contribution in [0.5, 0.6) is 0 Å². The van der Waals surface area contributed by atoms with E-state index >= 15 is 0 Å². The Kier molecular flexibility index (Phi) is 3.44. The molecule has 0 saturated heterocycles. The number of hydrogen-bond donors (Lipinski definition) is 1. The van der Waals surface area contributed by atoms with Gasteiger partial charge in [0, 0.05) is 22.8 Å². The molecule has 2 N–H and O–H groups in total. The van der Waals surface area contributed by atoms with Crippen molar-refractivity contribution in [2.24, 2.45) is 0 Å². The van der Waals surface area contributed by atoms with Crippen LogP contribution in [0.25, 0.3) is 0 Å². The summed E-state index contributed by atoms with van der Waals surface area (Å²) in [5.74, 6) is 0.0722. The van der Waals surface area contributed by atoms with Gasteiger partial charge >= 0.3 is 0 Å². The summed E-state index contributed by atoms with van der Waals surface area (Å²) >= 11 is 1.47. The van der Waals surface area contributed by atoms with Gasteiger partial charge in [0.05, 0.1) is 17.1 Å². The van der Waals surface area contributed by atoms with Gasteiger partial charge in [-0.1, -0.05) is 6.07 Å². The van der Waals surface area contributed by atoms with E-state index in [9.17, 15) is 4.79 Å². The first kappa shape index (κ1) is 13.1. The number of nitrogens with zero attached hydrogens (tertiary/aromatic N) is 2. The monoisotopic (exact) mass is 287 g/mol. The number of hydrogen-bond acceptors (Lipinski definition) is 4. The van der Waals surface area contributed by atoms with Crippen LogP contribution in [0.1, 0.15) is 33.1 Å². The lowest BCUT2D eigenvalue weighted by Gasteiger charge is -2.21. The lowest BCUT2D eigenvalue weighted by atomic mass is 10.3. The molecule has 5 heteroatoms. The Balaban J connectivity index is 1.82. The maximum absolute atomic E-state index is 12.6. The number of nitrogens with two attached hydrogens (primary N) is 1. The van der Waals surface area contributed by atoms with E-state index in [0.29, 0.717) is 18.3 Å². The highest BCUT2D eigenvalue weighted by Gasteiger charge is 2.34. The predicted octanol–water partition coefficient (Wildman–Crippen LogP) is 2.84. The molecule has 0 aliphatic heterocycles. The number of amides is 1. The fourth-order valence-corrected chi connectivity index (χ4v) is 3.06. The van der Waals surface area contributed by atoms with Crippen LogP contribution in [0.3, 0.4) is 0 Å². The molecular weight excluding hydrogens is 270 g/mol. The second-order valence-electron chi connectivity index (χ2n) is 5.11. The quantitative estimate of drug-likeness (QED) is 0.940. The molecule has 20 heavy (non-hydrogen) atoms. The number of carbonyl (C=O) groups excluding carboxylic acids is 1. The van der Waals surface area contributed by atoms with Crippen LogP contribution in [-0.2, 0) is 6.54 Å². The molecule has 1 fully saturated rings. The van der Waals surface area contributed by atoms with Gasteiger partial charge in [0.25, 0.3) is 5.91 Å². The number of pyridine rings is 1. The molecule has 0 atom stereocenters. The zero-order chi connectivity index (χ0) is 14.1. The normalized spacial score (nSPS) is 14.2. The molecule has 104 valence electrons. The van der Waals surface area contributed by atoms with Crippen molar-refractivity contribution in [3.63, 3.8) is 0 Å². The van der Waals surface area contributed by atoms with Crippen LogP contribution in [0.4, 0.5) is 5.69 Å². The lowest BCUT2D eigenvalue weighted by Crippen LogP contribution is -2.32. The van der Waals surface area contributed by atoms with Gasteiger partial charge in [-0.15, -0.1) is 11.3 Å². The first-order valence-corrected chi connectivity index (χ1v) is 7.53. The van der Waals surface area contributed by atoms with E-state index in [1.165, 1.54) is 11.3 Å². The summed E-state index contributed by atoms with van der Waals surface area (Å²) in [7, 11) is 0. The molecule has 3 rings (SSSR count). The van der Waals surface area contributed by atoms with Crippen molar-refractivity contribution in [2.75, 3.05) is 5.73 Å². The molecule has 2 aromatic heterocycles. The van der Waals surface area contributed by atoms with Crippen molar-refractivity contribution in [2.45, 2.75) is 32.4 Å². The predicted molar refractivity (Wildman–Crippen MR) is 80.6 cm³/mol. The van der Waals surface area contributed by atoms with Gasteiger partial charge in [0.15, 0.2) is 0 Å². The maximum Gasteiger partial charge on any atom is 0.264 e. The molecule has 2 aromatic rings. The van der Waals surface area contributed by atoms with Crippen LogP contribution >= 0.6 is 11.3 Å². The van der Waals surface area contributed by atoms with Gasteiger partial charge in [0.2, 0.25) is 0 Å². The summed E-state index contributed by atoms with van der Waals surface area (Å²) in [6.07, 6.45) is 3.93. The maximum atomic E-state index is 12.6. The highest BCUT2D eigenvalue weighted by Crippen LogP contribution is 2.32. The number of carbonyl (C=O) groups is 1. The average Bonchev–Trinajstić information content (AvgIpc) is 3.23. The third-order valence-electron chi connectivity index (χ3n) is 3.47. The van der Waals surface area contributed by atoms with E-state index in [1.807, 2.05) is 30.0 Å². The molecular formula is C15H17N3OS. The summed E-state index contributed by atoms with van der Waals surface area (Å²) < 4.78 is 0. The molecule has 1 amide bonds. The van der Waals surface area contributed by atoms with Crippen molar-refractivity contribution < 1.29 is 4.79 Å². The van der Waals surface area contributed by atoms with Crippen LogP contribution in [0.2, 0.25) is 0 Å². The Morgan fingerprint density at radius 1 is 1.50 bits per heavy atom. The van der Waals surface area contributed by atoms with Crippen LogP contribution < -0.4 is 5.73 Å². The number of anilines is 1. The largest absolute Gasteiger partial charge is 0.398 e. The standard InChI is InChI=1S/C15H17N3OS/c1-10-13(16)8-14(20-10)15(19)18(12-5-6-12)9-11-4-2-3-7-17-11/h2-4,7-8,12H,5-6,9,16H2,1H3. The fourth-order valence-electron chi connectivity index (χ4n) is 2.16. The van der Waals surface area contributed by atoms with Crippen LogP contribution in [0.15, 0.2) is 30.5 Å². The van der Waals surface area contributed by atoms with E-state index in [2.05, 4.69) is 4.98 Å². The molecule has 0 bridgehead atoms. The SMILES string of the molecule is Cc1sc(C(=O)N(Cc2ccccn2)C2CC2)cc1N. The number of nitrogen functional groups attached to an aromatic ring is 1. The highest BCUT2D eigenvalue weighted by molar-refractivity contribution is 7.14. The van der Waals surface area contributed by atoms with Crippen molar-refractivity contribution in [1.82, 2.24) is 9.88 Å². The van der Waals surface area contributed by atoms with E-state index in [1.54, 1.807) is 12.3 Å². The van der Waals surface area contributed by atoms with Crippen molar-refractivity contribution in [3.05, 3.63) is 45.9 Å². The van der Waals surface area contributed by atoms with Gasteiger partial charge in [0.1, 0.15) is 0 Å².